The molecule has 1 aromatic carbocycles. The zero-order valence-corrected chi connectivity index (χ0v) is 10.1. The van der Waals surface area contributed by atoms with Crippen LogP contribution >= 0.6 is 11.3 Å². The summed E-state index contributed by atoms with van der Waals surface area (Å²) in [5.41, 5.74) is 4.69. The second-order valence-corrected chi connectivity index (χ2v) is 4.53. The molecule has 0 bridgehead atoms. The summed E-state index contributed by atoms with van der Waals surface area (Å²) in [6.07, 6.45) is 1.64. The topological polar surface area (TPSA) is 33.1 Å². The summed E-state index contributed by atoms with van der Waals surface area (Å²) in [4.78, 5) is 4.12. The van der Waals surface area contributed by atoms with E-state index in [1.807, 2.05) is 17.5 Å². The summed E-state index contributed by atoms with van der Waals surface area (Å²) in [7, 11) is 0. The molecule has 1 aromatic heterocycles. The monoisotopic (exact) mass is 233 g/mol. The van der Waals surface area contributed by atoms with Gasteiger partial charge in [0, 0.05) is 5.38 Å². The van der Waals surface area contributed by atoms with E-state index in [1.54, 1.807) is 5.51 Å². The second-order valence-electron chi connectivity index (χ2n) is 3.81. The molecule has 2 aromatic rings. The number of thiazole rings is 1. The highest BCUT2D eigenvalue weighted by Gasteiger charge is 2.11. The molecule has 1 heterocycles. The van der Waals surface area contributed by atoms with E-state index in [4.69, 9.17) is 0 Å². The Morgan fingerprint density at radius 3 is 2.62 bits per heavy atom. The van der Waals surface area contributed by atoms with Crippen LogP contribution in [0.1, 0.15) is 36.3 Å². The Morgan fingerprint density at radius 2 is 2.06 bits per heavy atom. The lowest BCUT2D eigenvalue weighted by Crippen LogP contribution is -1.99. The summed E-state index contributed by atoms with van der Waals surface area (Å²) in [6, 6.07) is 8.12. The molecule has 0 saturated heterocycles. The number of rotatable bonds is 4. The molecule has 1 N–H and O–H groups in total. The molecule has 1 unspecified atom stereocenters. The fourth-order valence-corrected chi connectivity index (χ4v) is 2.26. The standard InChI is InChI=1S/C13H15NOS/c1-2-3-10-4-6-11(7-5-10)13(15)12-8-16-9-14-12/h4-9,13,15H,2-3H2,1H3. The van der Waals surface area contributed by atoms with E-state index in [0.717, 1.165) is 24.1 Å². The van der Waals surface area contributed by atoms with Gasteiger partial charge in [0.15, 0.2) is 0 Å². The average molecular weight is 233 g/mol. The second kappa shape index (κ2) is 5.23. The Balaban J connectivity index is 2.15. The van der Waals surface area contributed by atoms with Crippen molar-refractivity contribution in [2.75, 3.05) is 0 Å². The number of nitrogens with zero attached hydrogens (tertiary/aromatic N) is 1. The number of aromatic nitrogens is 1. The Bertz CT molecular complexity index is 422. The van der Waals surface area contributed by atoms with Crippen LogP contribution in [-0.4, -0.2) is 10.1 Å². The predicted molar refractivity (Wildman–Crippen MR) is 66.6 cm³/mol. The quantitative estimate of drug-likeness (QED) is 0.879. The number of aryl methyl sites for hydroxylation is 1. The van der Waals surface area contributed by atoms with Gasteiger partial charge >= 0.3 is 0 Å². The fraction of sp³-hybridized carbons (Fsp3) is 0.308. The van der Waals surface area contributed by atoms with Crippen LogP contribution in [0.3, 0.4) is 0 Å². The summed E-state index contributed by atoms with van der Waals surface area (Å²) < 4.78 is 0. The number of benzene rings is 1. The van der Waals surface area contributed by atoms with E-state index < -0.39 is 6.10 Å². The summed E-state index contributed by atoms with van der Waals surface area (Å²) >= 11 is 1.50. The van der Waals surface area contributed by atoms with Crippen LogP contribution in [0.4, 0.5) is 0 Å². The minimum atomic E-state index is -0.595. The highest BCUT2D eigenvalue weighted by atomic mass is 32.1. The fourth-order valence-electron chi connectivity index (χ4n) is 1.68. The highest BCUT2D eigenvalue weighted by molar-refractivity contribution is 7.07. The van der Waals surface area contributed by atoms with Crippen molar-refractivity contribution in [2.24, 2.45) is 0 Å². The van der Waals surface area contributed by atoms with Crippen molar-refractivity contribution in [3.8, 4) is 0 Å². The van der Waals surface area contributed by atoms with Gasteiger partial charge in [-0.2, -0.15) is 0 Å². The minimum Gasteiger partial charge on any atom is -0.382 e. The Labute approximate surface area is 99.6 Å². The van der Waals surface area contributed by atoms with Crippen molar-refractivity contribution in [1.82, 2.24) is 4.98 Å². The molecule has 0 aliphatic heterocycles. The summed E-state index contributed by atoms with van der Waals surface area (Å²) in [5, 5.41) is 11.9. The average Bonchev–Trinajstić information content (AvgIpc) is 2.83. The summed E-state index contributed by atoms with van der Waals surface area (Å²) in [5.74, 6) is 0. The highest BCUT2D eigenvalue weighted by Crippen LogP contribution is 2.22. The minimum absolute atomic E-state index is 0.595. The Morgan fingerprint density at radius 1 is 1.31 bits per heavy atom. The molecule has 0 fully saturated rings. The number of hydrogen-bond donors (Lipinski definition) is 1. The van der Waals surface area contributed by atoms with Gasteiger partial charge in [-0.3, -0.25) is 0 Å². The van der Waals surface area contributed by atoms with E-state index in [1.165, 1.54) is 16.9 Å². The van der Waals surface area contributed by atoms with Gasteiger partial charge < -0.3 is 5.11 Å². The summed E-state index contributed by atoms with van der Waals surface area (Å²) in [6.45, 7) is 2.16. The van der Waals surface area contributed by atoms with Crippen LogP contribution in [0.15, 0.2) is 35.2 Å². The maximum absolute atomic E-state index is 10.0. The van der Waals surface area contributed by atoms with Gasteiger partial charge in [-0.1, -0.05) is 37.6 Å². The third-order valence-corrected chi connectivity index (χ3v) is 3.17. The first-order valence-corrected chi connectivity index (χ1v) is 6.40. The smallest absolute Gasteiger partial charge is 0.122 e. The van der Waals surface area contributed by atoms with Crippen LogP contribution in [0, 0.1) is 0 Å². The van der Waals surface area contributed by atoms with Gasteiger partial charge in [-0.25, -0.2) is 4.98 Å². The molecule has 0 spiro atoms. The SMILES string of the molecule is CCCc1ccc(C(O)c2cscn2)cc1. The Kier molecular flexibility index (Phi) is 3.70. The van der Waals surface area contributed by atoms with Crippen molar-refractivity contribution >= 4 is 11.3 Å². The van der Waals surface area contributed by atoms with Crippen LogP contribution in [0.5, 0.6) is 0 Å². The number of aliphatic hydroxyl groups is 1. The molecule has 0 aliphatic carbocycles. The molecule has 1 atom stereocenters. The van der Waals surface area contributed by atoms with E-state index in [-0.39, 0.29) is 0 Å². The molecule has 0 radical (unpaired) electrons. The van der Waals surface area contributed by atoms with Crippen LogP contribution in [0.2, 0.25) is 0 Å². The van der Waals surface area contributed by atoms with Gasteiger partial charge in [0.25, 0.3) is 0 Å². The zero-order valence-electron chi connectivity index (χ0n) is 9.26. The lowest BCUT2D eigenvalue weighted by molar-refractivity contribution is 0.216. The van der Waals surface area contributed by atoms with Gasteiger partial charge in [0.1, 0.15) is 6.10 Å². The zero-order chi connectivity index (χ0) is 11.4. The molecule has 0 aliphatic rings. The van der Waals surface area contributed by atoms with Gasteiger partial charge in [-0.15, -0.1) is 11.3 Å². The first-order valence-electron chi connectivity index (χ1n) is 5.46. The molecule has 16 heavy (non-hydrogen) atoms. The molecular formula is C13H15NOS. The van der Waals surface area contributed by atoms with Crippen LogP contribution in [-0.2, 0) is 6.42 Å². The molecular weight excluding hydrogens is 218 g/mol. The van der Waals surface area contributed by atoms with Gasteiger partial charge in [0.05, 0.1) is 11.2 Å². The third kappa shape index (κ3) is 2.49. The lowest BCUT2D eigenvalue weighted by atomic mass is 10.0. The van der Waals surface area contributed by atoms with Gasteiger partial charge in [0.2, 0.25) is 0 Å². The van der Waals surface area contributed by atoms with E-state index >= 15 is 0 Å². The normalized spacial score (nSPS) is 12.6. The van der Waals surface area contributed by atoms with E-state index in [0.29, 0.717) is 0 Å². The van der Waals surface area contributed by atoms with Crippen molar-refractivity contribution < 1.29 is 5.11 Å². The molecule has 0 amide bonds. The van der Waals surface area contributed by atoms with Crippen LogP contribution < -0.4 is 0 Å². The largest absolute Gasteiger partial charge is 0.382 e. The maximum atomic E-state index is 10.0. The first kappa shape index (κ1) is 11.3. The van der Waals surface area contributed by atoms with Gasteiger partial charge in [-0.05, 0) is 17.5 Å². The van der Waals surface area contributed by atoms with Crippen molar-refractivity contribution in [1.29, 1.82) is 0 Å². The molecule has 2 nitrogen and oxygen atoms in total. The third-order valence-electron chi connectivity index (χ3n) is 2.57. The number of aliphatic hydroxyl groups excluding tert-OH is 1. The van der Waals surface area contributed by atoms with Crippen molar-refractivity contribution in [2.45, 2.75) is 25.9 Å². The Hall–Kier alpha value is -1.19. The number of hydrogen-bond acceptors (Lipinski definition) is 3. The molecule has 0 saturated carbocycles. The molecule has 84 valence electrons. The predicted octanol–water partition coefficient (Wildman–Crippen LogP) is 3.18. The van der Waals surface area contributed by atoms with E-state index in [2.05, 4.69) is 24.0 Å². The molecule has 3 heteroatoms. The maximum Gasteiger partial charge on any atom is 0.122 e. The van der Waals surface area contributed by atoms with E-state index in [9.17, 15) is 5.11 Å². The first-order chi connectivity index (χ1) is 7.81. The van der Waals surface area contributed by atoms with Crippen molar-refractivity contribution in [3.05, 3.63) is 52.0 Å². The molecule has 2 rings (SSSR count). The van der Waals surface area contributed by atoms with Crippen LogP contribution in [0.25, 0.3) is 0 Å². The lowest BCUT2D eigenvalue weighted by Gasteiger charge is -2.08. The van der Waals surface area contributed by atoms with Crippen molar-refractivity contribution in [3.63, 3.8) is 0 Å².